The Morgan fingerprint density at radius 1 is 1.03 bits per heavy atom. The highest BCUT2D eigenvalue weighted by Crippen LogP contribution is 2.22. The summed E-state index contributed by atoms with van der Waals surface area (Å²) >= 11 is 0. The normalized spacial score (nSPS) is 11.6. The van der Waals surface area contributed by atoms with Crippen LogP contribution in [-0.2, 0) is 19.9 Å². The first-order chi connectivity index (χ1) is 14.0. The lowest BCUT2D eigenvalue weighted by Gasteiger charge is -2.12. The smallest absolute Gasteiger partial charge is 0.322 e. The van der Waals surface area contributed by atoms with Crippen LogP contribution in [0.5, 0.6) is 0 Å². The van der Waals surface area contributed by atoms with E-state index in [1.807, 2.05) is 30.3 Å². The van der Waals surface area contributed by atoms with Gasteiger partial charge in [-0.1, -0.05) is 41.2 Å². The first-order valence-corrected chi connectivity index (χ1v) is 9.41. The van der Waals surface area contributed by atoms with Crippen molar-refractivity contribution in [3.8, 4) is 11.3 Å². The maximum Gasteiger partial charge on any atom is 0.322 e. The van der Waals surface area contributed by atoms with E-state index < -0.39 is 16.8 Å². The lowest BCUT2D eigenvalue weighted by atomic mass is 10.1. The van der Waals surface area contributed by atoms with E-state index in [4.69, 9.17) is 9.66 Å². The highest BCUT2D eigenvalue weighted by molar-refractivity contribution is 7.68. The van der Waals surface area contributed by atoms with E-state index in [-0.39, 0.29) is 12.5 Å². The van der Waals surface area contributed by atoms with Gasteiger partial charge in [-0.2, -0.15) is 4.98 Å². The van der Waals surface area contributed by atoms with Crippen LogP contribution in [0.4, 0.5) is 23.1 Å². The molecule has 3 rings (SSSR count). The van der Waals surface area contributed by atoms with Crippen LogP contribution in [0.3, 0.4) is 0 Å². The summed E-state index contributed by atoms with van der Waals surface area (Å²) in [4.78, 5) is 19.4. The molecule has 0 unspecified atom stereocenters. The number of aromatic nitrogens is 2. The van der Waals surface area contributed by atoms with Crippen molar-refractivity contribution in [1.29, 1.82) is 0 Å². The zero-order chi connectivity index (χ0) is 20.6. The Morgan fingerprint density at radius 2 is 1.76 bits per heavy atom. The fraction of sp³-hybridized carbons (Fsp3) is 0.0556. The van der Waals surface area contributed by atoms with Crippen molar-refractivity contribution in [3.05, 3.63) is 60.7 Å². The Labute approximate surface area is 168 Å². The summed E-state index contributed by atoms with van der Waals surface area (Å²) in [6, 6.07) is 17.6. The van der Waals surface area contributed by atoms with Gasteiger partial charge in [-0.05, 0) is 24.3 Å². The monoisotopic (exact) mass is 413 g/mol. The van der Waals surface area contributed by atoms with Crippen LogP contribution in [0, 0.1) is 0 Å². The quantitative estimate of drug-likeness (QED) is 0.213. The number of hydrogen-bond donors (Lipinski definition) is 5. The minimum atomic E-state index is -2.26. The molecule has 0 spiro atoms. The molecule has 0 fully saturated rings. The van der Waals surface area contributed by atoms with Crippen molar-refractivity contribution in [3.63, 3.8) is 0 Å². The molecule has 0 radical (unpaired) electrons. The largest absolute Gasteiger partial charge is 0.480 e. The van der Waals surface area contributed by atoms with E-state index in [0.717, 1.165) is 5.56 Å². The molecule has 5 N–H and O–H groups in total. The average Bonchev–Trinajstić information content (AvgIpc) is 2.72. The van der Waals surface area contributed by atoms with E-state index in [0.29, 0.717) is 22.9 Å². The molecule has 0 saturated heterocycles. The zero-order valence-corrected chi connectivity index (χ0v) is 15.8. The predicted octanol–water partition coefficient (Wildman–Crippen LogP) is 3.33. The number of aliphatic carboxylic acids is 1. The summed E-state index contributed by atoms with van der Waals surface area (Å²) in [6.07, 6.45) is 0. The van der Waals surface area contributed by atoms with Crippen LogP contribution in [-0.4, -0.2) is 32.1 Å². The van der Waals surface area contributed by atoms with Crippen molar-refractivity contribution in [2.75, 3.05) is 22.7 Å². The van der Waals surface area contributed by atoms with Crippen LogP contribution in [0.15, 0.2) is 65.0 Å². The number of hydrazine groups is 1. The SMILES string of the molecule is O=C(O)CNc1nc(NNc2ccc(N=[S-](=O)O)cc2)cc(-c2ccccc2)n1. The molecule has 29 heavy (non-hydrogen) atoms. The number of rotatable bonds is 8. The van der Waals surface area contributed by atoms with Gasteiger partial charge in [0, 0.05) is 17.3 Å². The molecular formula is C18H17N6O4S-. The molecule has 2 aromatic carbocycles. The number of benzene rings is 2. The van der Waals surface area contributed by atoms with Gasteiger partial charge in [-0.3, -0.25) is 15.6 Å². The molecule has 0 saturated carbocycles. The first kappa shape index (κ1) is 20.0. The van der Waals surface area contributed by atoms with Crippen LogP contribution in [0.2, 0.25) is 0 Å². The predicted molar refractivity (Wildman–Crippen MR) is 110 cm³/mol. The molecule has 0 bridgehead atoms. The summed E-state index contributed by atoms with van der Waals surface area (Å²) in [5.74, 6) is -0.449. The summed E-state index contributed by atoms with van der Waals surface area (Å²) < 4.78 is 23.0. The van der Waals surface area contributed by atoms with Crippen molar-refractivity contribution in [1.82, 2.24) is 9.97 Å². The molecule has 3 aromatic rings. The second-order valence-corrected chi connectivity index (χ2v) is 6.34. The Hall–Kier alpha value is -3.70. The van der Waals surface area contributed by atoms with Gasteiger partial charge in [0.25, 0.3) is 0 Å². The van der Waals surface area contributed by atoms with Gasteiger partial charge in [0.15, 0.2) is 5.82 Å². The van der Waals surface area contributed by atoms with Gasteiger partial charge >= 0.3 is 5.97 Å². The minimum Gasteiger partial charge on any atom is -0.480 e. The fourth-order valence-corrected chi connectivity index (χ4v) is 2.64. The summed E-state index contributed by atoms with van der Waals surface area (Å²) in [7, 11) is -2.26. The van der Waals surface area contributed by atoms with Crippen LogP contribution >= 0.6 is 0 Å². The molecule has 11 heteroatoms. The van der Waals surface area contributed by atoms with Gasteiger partial charge in [-0.25, -0.2) is 4.98 Å². The Bertz CT molecular complexity index is 1070. The van der Waals surface area contributed by atoms with E-state index in [1.165, 1.54) is 0 Å². The number of hydrogen-bond acceptors (Lipinski definition) is 9. The van der Waals surface area contributed by atoms with Gasteiger partial charge in [0.2, 0.25) is 5.95 Å². The highest BCUT2D eigenvalue weighted by Gasteiger charge is 2.08. The fourth-order valence-electron chi connectivity index (χ4n) is 2.33. The summed E-state index contributed by atoms with van der Waals surface area (Å²) in [5.41, 5.74) is 8.36. The standard InChI is InChI=1S/C18H17N6O4S/c25-17(26)11-19-18-20-15(12-4-2-1-3-5-12)10-16(21-18)23-22-13-6-8-14(9-7-13)24-29(27)28/h1-10,22H,11H2,(H,25,26)(H,24,27,28)(H2,19,20,21,23)/q-1. The number of anilines is 3. The second kappa shape index (κ2) is 9.48. The lowest BCUT2D eigenvalue weighted by Crippen LogP contribution is -2.16. The third kappa shape index (κ3) is 6.16. The van der Waals surface area contributed by atoms with E-state index in [2.05, 4.69) is 30.5 Å². The molecule has 0 aliphatic rings. The van der Waals surface area contributed by atoms with Gasteiger partial charge in [0.1, 0.15) is 6.54 Å². The molecule has 0 atom stereocenters. The molecule has 1 aromatic heterocycles. The van der Waals surface area contributed by atoms with E-state index in [1.54, 1.807) is 30.3 Å². The molecule has 1 heterocycles. The van der Waals surface area contributed by atoms with Crippen molar-refractivity contribution < 1.29 is 18.7 Å². The number of nitrogens with one attached hydrogen (secondary N) is 3. The van der Waals surface area contributed by atoms with Crippen LogP contribution in [0.1, 0.15) is 0 Å². The molecule has 0 aliphatic carbocycles. The van der Waals surface area contributed by atoms with Crippen molar-refractivity contribution in [2.24, 2.45) is 4.36 Å². The van der Waals surface area contributed by atoms with E-state index >= 15 is 0 Å². The number of carbonyl (C=O) groups is 1. The third-order valence-corrected chi connectivity index (χ3v) is 3.95. The maximum absolute atomic E-state index is 10.8. The Kier molecular flexibility index (Phi) is 6.55. The van der Waals surface area contributed by atoms with Crippen LogP contribution < -0.4 is 16.2 Å². The van der Waals surface area contributed by atoms with Crippen molar-refractivity contribution in [2.45, 2.75) is 0 Å². The zero-order valence-electron chi connectivity index (χ0n) is 14.9. The van der Waals surface area contributed by atoms with Crippen molar-refractivity contribution >= 4 is 40.0 Å². The lowest BCUT2D eigenvalue weighted by molar-refractivity contribution is -0.134. The summed E-state index contributed by atoms with van der Waals surface area (Å²) in [5, 5.41) is 11.5. The summed E-state index contributed by atoms with van der Waals surface area (Å²) in [6.45, 7) is -0.317. The molecule has 0 amide bonds. The van der Waals surface area contributed by atoms with Crippen LogP contribution in [0.25, 0.3) is 11.3 Å². The molecule has 0 aliphatic heterocycles. The first-order valence-electron chi connectivity index (χ1n) is 8.34. The second-order valence-electron chi connectivity index (χ2n) is 5.69. The molecular weight excluding hydrogens is 396 g/mol. The molecule has 10 nitrogen and oxygen atoms in total. The van der Waals surface area contributed by atoms with Gasteiger partial charge in [0.05, 0.1) is 11.4 Å². The third-order valence-electron chi connectivity index (χ3n) is 3.58. The van der Waals surface area contributed by atoms with Gasteiger partial charge in [-0.15, -0.1) is 0 Å². The highest BCUT2D eigenvalue weighted by atomic mass is 32.2. The Morgan fingerprint density at radius 3 is 2.41 bits per heavy atom. The number of carboxylic acid groups (broad SMARTS) is 1. The number of nitrogens with zero attached hydrogens (tertiary/aromatic N) is 3. The maximum atomic E-state index is 10.8. The van der Waals surface area contributed by atoms with Gasteiger partial charge < -0.3 is 23.5 Å². The molecule has 150 valence electrons. The topological polar surface area (TPSA) is 149 Å². The number of carboxylic acids is 1. The average molecular weight is 413 g/mol. The minimum absolute atomic E-state index is 0.164. The Balaban J connectivity index is 1.79. The van der Waals surface area contributed by atoms with E-state index in [9.17, 15) is 9.00 Å².